The number of hydrogen-bond donors (Lipinski definition) is 2. The van der Waals surface area contributed by atoms with Crippen molar-refractivity contribution in [2.24, 2.45) is 0 Å². The van der Waals surface area contributed by atoms with Crippen LogP contribution in [0.3, 0.4) is 0 Å². The van der Waals surface area contributed by atoms with Crippen LogP contribution in [0.2, 0.25) is 0 Å². The first-order valence-electron chi connectivity index (χ1n) is 7.77. The molecule has 6 nitrogen and oxygen atoms in total. The molecule has 1 atom stereocenters. The summed E-state index contributed by atoms with van der Waals surface area (Å²) in [7, 11) is 0. The van der Waals surface area contributed by atoms with Crippen molar-refractivity contribution >= 4 is 23.6 Å². The molecule has 2 aliphatic heterocycles. The molecule has 2 amide bonds. The number of carbonyl (C=O) groups excluding carboxylic acids is 2. The molecule has 2 rings (SSSR count). The summed E-state index contributed by atoms with van der Waals surface area (Å²) in [5, 5.41) is 6.22. The number of nitrogens with zero attached hydrogens (tertiary/aromatic N) is 2. The molecule has 0 aromatic heterocycles. The van der Waals surface area contributed by atoms with Gasteiger partial charge in [0.05, 0.1) is 6.54 Å². The summed E-state index contributed by atoms with van der Waals surface area (Å²) in [6.07, 6.45) is 0.601. The lowest BCUT2D eigenvalue weighted by Gasteiger charge is -2.35. The number of hydrogen-bond acceptors (Lipinski definition) is 5. The molecular weight excluding hydrogens is 288 g/mol. The number of likely N-dealkylation sites (N-methyl/N-ethyl adjacent to an activating group) is 1. The van der Waals surface area contributed by atoms with Crippen molar-refractivity contribution in [3.63, 3.8) is 0 Å². The topological polar surface area (TPSA) is 64.7 Å². The number of thioether (sulfide) groups is 1. The number of nitrogens with one attached hydrogen (secondary N) is 2. The molecule has 2 aliphatic rings. The molecule has 0 radical (unpaired) electrons. The van der Waals surface area contributed by atoms with Crippen LogP contribution in [-0.4, -0.2) is 85.0 Å². The van der Waals surface area contributed by atoms with Gasteiger partial charge in [0.25, 0.3) is 0 Å². The number of amides is 2. The van der Waals surface area contributed by atoms with Gasteiger partial charge in [0.1, 0.15) is 0 Å². The molecule has 2 N–H and O–H groups in total. The van der Waals surface area contributed by atoms with Crippen LogP contribution in [0.4, 0.5) is 0 Å². The second kappa shape index (κ2) is 8.60. The molecule has 0 saturated carbocycles. The van der Waals surface area contributed by atoms with Gasteiger partial charge in [0.2, 0.25) is 11.8 Å². The maximum Gasteiger partial charge on any atom is 0.234 e. The van der Waals surface area contributed by atoms with Crippen molar-refractivity contribution in [1.82, 2.24) is 20.4 Å². The quantitative estimate of drug-likeness (QED) is 0.707. The summed E-state index contributed by atoms with van der Waals surface area (Å²) in [6, 6.07) is 0.324. The second-order valence-electron chi connectivity index (χ2n) is 5.54. The fourth-order valence-electron chi connectivity index (χ4n) is 2.70. The molecule has 0 aromatic rings. The van der Waals surface area contributed by atoms with Crippen LogP contribution >= 0.6 is 11.8 Å². The van der Waals surface area contributed by atoms with E-state index in [9.17, 15) is 9.59 Å². The van der Waals surface area contributed by atoms with Gasteiger partial charge in [-0.25, -0.2) is 0 Å². The lowest BCUT2D eigenvalue weighted by Crippen LogP contribution is -2.52. The van der Waals surface area contributed by atoms with Crippen molar-refractivity contribution in [3.05, 3.63) is 0 Å². The van der Waals surface area contributed by atoms with Gasteiger partial charge in [-0.3, -0.25) is 14.5 Å². The molecule has 2 saturated heterocycles. The molecule has 0 bridgehead atoms. The van der Waals surface area contributed by atoms with E-state index < -0.39 is 0 Å². The van der Waals surface area contributed by atoms with Crippen molar-refractivity contribution < 1.29 is 9.59 Å². The van der Waals surface area contributed by atoms with E-state index in [1.807, 2.05) is 23.6 Å². The predicted octanol–water partition coefficient (Wildman–Crippen LogP) is -0.638. The Morgan fingerprint density at radius 1 is 1.29 bits per heavy atom. The van der Waals surface area contributed by atoms with E-state index in [-0.39, 0.29) is 11.8 Å². The zero-order chi connectivity index (χ0) is 15.1. The van der Waals surface area contributed by atoms with Gasteiger partial charge in [-0.05, 0) is 6.92 Å². The van der Waals surface area contributed by atoms with Crippen LogP contribution in [0.25, 0.3) is 0 Å². The van der Waals surface area contributed by atoms with E-state index in [1.54, 1.807) is 0 Å². The minimum atomic E-state index is 0.0701. The van der Waals surface area contributed by atoms with Gasteiger partial charge in [0.15, 0.2) is 0 Å². The Balaban J connectivity index is 1.67. The van der Waals surface area contributed by atoms with Crippen molar-refractivity contribution in [2.75, 3.05) is 57.3 Å². The molecule has 0 aliphatic carbocycles. The maximum absolute atomic E-state index is 12.3. The van der Waals surface area contributed by atoms with Crippen LogP contribution in [0.1, 0.15) is 13.3 Å². The molecule has 1 unspecified atom stereocenters. The third-order valence-electron chi connectivity index (χ3n) is 3.89. The smallest absolute Gasteiger partial charge is 0.234 e. The van der Waals surface area contributed by atoms with Crippen LogP contribution in [0.5, 0.6) is 0 Å². The highest BCUT2D eigenvalue weighted by molar-refractivity contribution is 7.99. The fraction of sp³-hybridized carbons (Fsp3) is 0.857. The summed E-state index contributed by atoms with van der Waals surface area (Å²) in [4.78, 5) is 27.9. The Morgan fingerprint density at radius 2 is 2.05 bits per heavy atom. The third-order valence-corrected chi connectivity index (χ3v) is 5.02. The average Bonchev–Trinajstić information content (AvgIpc) is 2.49. The second-order valence-corrected chi connectivity index (χ2v) is 6.69. The van der Waals surface area contributed by atoms with Crippen molar-refractivity contribution in [2.45, 2.75) is 19.4 Å². The highest BCUT2D eigenvalue weighted by atomic mass is 32.2. The first-order valence-corrected chi connectivity index (χ1v) is 8.92. The largest absolute Gasteiger partial charge is 0.355 e. The lowest BCUT2D eigenvalue weighted by molar-refractivity contribution is -0.133. The average molecular weight is 314 g/mol. The van der Waals surface area contributed by atoms with Crippen LogP contribution in [0.15, 0.2) is 0 Å². The van der Waals surface area contributed by atoms with Crippen LogP contribution < -0.4 is 10.6 Å². The summed E-state index contributed by atoms with van der Waals surface area (Å²) < 4.78 is 0. The minimum Gasteiger partial charge on any atom is -0.355 e. The Kier molecular flexibility index (Phi) is 6.79. The summed E-state index contributed by atoms with van der Waals surface area (Å²) in [5.74, 6) is 2.49. The Morgan fingerprint density at radius 3 is 2.67 bits per heavy atom. The lowest BCUT2D eigenvalue weighted by atomic mass is 10.2. The van der Waals surface area contributed by atoms with Gasteiger partial charge in [-0.1, -0.05) is 0 Å². The van der Waals surface area contributed by atoms with Gasteiger partial charge in [-0.2, -0.15) is 11.8 Å². The van der Waals surface area contributed by atoms with Gasteiger partial charge in [-0.15, -0.1) is 0 Å². The van der Waals surface area contributed by atoms with E-state index in [4.69, 9.17) is 0 Å². The summed E-state index contributed by atoms with van der Waals surface area (Å²) >= 11 is 1.92. The molecule has 0 spiro atoms. The SMILES string of the molecule is CCNC(=O)CN1CCN(C(=O)CC2CSCCN2)CC1. The Hall–Kier alpha value is -0.790. The zero-order valence-electron chi connectivity index (χ0n) is 12.8. The maximum atomic E-state index is 12.3. The summed E-state index contributed by atoms with van der Waals surface area (Å²) in [5.41, 5.74) is 0. The van der Waals surface area contributed by atoms with Crippen LogP contribution in [0, 0.1) is 0 Å². The monoisotopic (exact) mass is 314 g/mol. The summed E-state index contributed by atoms with van der Waals surface area (Å²) in [6.45, 7) is 7.08. The van der Waals surface area contributed by atoms with E-state index in [2.05, 4.69) is 15.5 Å². The predicted molar refractivity (Wildman–Crippen MR) is 85.4 cm³/mol. The molecule has 2 heterocycles. The third kappa shape index (κ3) is 5.48. The fourth-order valence-corrected chi connectivity index (χ4v) is 3.65. The molecule has 21 heavy (non-hydrogen) atoms. The van der Waals surface area contributed by atoms with Crippen LogP contribution in [-0.2, 0) is 9.59 Å². The molecule has 2 fully saturated rings. The standard InChI is InChI=1S/C14H26N4O2S/c1-2-15-13(19)10-17-4-6-18(7-5-17)14(20)9-12-11-21-8-3-16-12/h12,16H,2-11H2,1H3,(H,15,19). The van der Waals surface area contributed by atoms with E-state index >= 15 is 0 Å². The minimum absolute atomic E-state index is 0.0701. The highest BCUT2D eigenvalue weighted by Crippen LogP contribution is 2.12. The van der Waals surface area contributed by atoms with Crippen molar-refractivity contribution in [3.8, 4) is 0 Å². The molecular formula is C14H26N4O2S. The molecule has 0 aromatic carbocycles. The highest BCUT2D eigenvalue weighted by Gasteiger charge is 2.25. The van der Waals surface area contributed by atoms with Gasteiger partial charge >= 0.3 is 0 Å². The number of rotatable bonds is 5. The Bertz CT molecular complexity index is 353. The van der Waals surface area contributed by atoms with Crippen molar-refractivity contribution in [1.29, 1.82) is 0 Å². The first kappa shape index (κ1) is 16.6. The van der Waals surface area contributed by atoms with Gasteiger partial charge < -0.3 is 15.5 Å². The molecule has 7 heteroatoms. The Labute approximate surface area is 131 Å². The first-order chi connectivity index (χ1) is 10.2. The van der Waals surface area contributed by atoms with E-state index in [1.165, 1.54) is 0 Å². The van der Waals surface area contributed by atoms with E-state index in [0.717, 1.165) is 44.2 Å². The van der Waals surface area contributed by atoms with E-state index in [0.29, 0.717) is 25.6 Å². The zero-order valence-corrected chi connectivity index (χ0v) is 13.6. The molecule has 120 valence electrons. The normalized spacial score (nSPS) is 23.9. The number of piperazine rings is 1. The van der Waals surface area contributed by atoms with Gasteiger partial charge in [0, 0.05) is 63.2 Å². The number of carbonyl (C=O) groups is 2.